The highest BCUT2D eigenvalue weighted by atomic mass is 32.1. The largest absolute Gasteiger partial charge is 0.341 e. The molecule has 0 radical (unpaired) electrons. The van der Waals surface area contributed by atoms with Crippen LogP contribution in [-0.4, -0.2) is 48.8 Å². The lowest BCUT2D eigenvalue weighted by atomic mass is 9.93. The van der Waals surface area contributed by atoms with Crippen molar-refractivity contribution < 1.29 is 4.79 Å². The third-order valence-corrected chi connectivity index (χ3v) is 5.79. The molecule has 0 saturated carbocycles. The molecule has 3 aromatic rings. The van der Waals surface area contributed by atoms with Gasteiger partial charge in [-0.3, -0.25) is 4.79 Å². The molecule has 0 bridgehead atoms. The molecule has 1 aliphatic heterocycles. The quantitative estimate of drug-likeness (QED) is 0.751. The molecule has 3 aromatic heterocycles. The number of aryl methyl sites for hydroxylation is 3. The Labute approximate surface area is 161 Å². The monoisotopic (exact) mass is 382 g/mol. The predicted molar refractivity (Wildman–Crippen MR) is 104 cm³/mol. The van der Waals surface area contributed by atoms with Crippen molar-refractivity contribution in [2.45, 2.75) is 39.5 Å². The SMILES string of the molecule is Cc1nc(-c2ncc(C)[nH]2)cc([C@@H]2CCCN(C(=O)c3scnc3C)C2)n1. The summed E-state index contributed by atoms with van der Waals surface area (Å²) in [5.74, 6) is 1.75. The minimum absolute atomic E-state index is 0.0763. The van der Waals surface area contributed by atoms with Crippen LogP contribution in [0.5, 0.6) is 0 Å². The van der Waals surface area contributed by atoms with Crippen molar-refractivity contribution in [1.29, 1.82) is 0 Å². The predicted octanol–water partition coefficient (Wildman–Crippen LogP) is 3.27. The summed E-state index contributed by atoms with van der Waals surface area (Å²) in [5, 5.41) is 0. The molecule has 1 N–H and O–H groups in total. The van der Waals surface area contributed by atoms with Gasteiger partial charge in [-0.05, 0) is 39.7 Å². The number of H-pyrrole nitrogens is 1. The highest BCUT2D eigenvalue weighted by Gasteiger charge is 2.28. The maximum atomic E-state index is 12.9. The number of hydrogen-bond donors (Lipinski definition) is 1. The molecule has 0 aromatic carbocycles. The third kappa shape index (κ3) is 3.62. The van der Waals surface area contributed by atoms with E-state index in [0.717, 1.165) is 58.7 Å². The molecule has 0 aliphatic carbocycles. The number of aromatic nitrogens is 5. The first-order valence-corrected chi connectivity index (χ1v) is 9.96. The Kier molecular flexibility index (Phi) is 4.73. The van der Waals surface area contributed by atoms with Gasteiger partial charge in [-0.15, -0.1) is 11.3 Å². The van der Waals surface area contributed by atoms with E-state index in [2.05, 4.69) is 24.9 Å². The summed E-state index contributed by atoms with van der Waals surface area (Å²) in [6.07, 6.45) is 3.77. The van der Waals surface area contributed by atoms with Crippen LogP contribution in [0.4, 0.5) is 0 Å². The number of nitrogens with zero attached hydrogens (tertiary/aromatic N) is 5. The zero-order valence-corrected chi connectivity index (χ0v) is 16.5. The molecule has 1 aliphatic rings. The summed E-state index contributed by atoms with van der Waals surface area (Å²) in [7, 11) is 0. The van der Waals surface area contributed by atoms with Crippen molar-refractivity contribution in [2.24, 2.45) is 0 Å². The number of amides is 1. The van der Waals surface area contributed by atoms with Crippen LogP contribution >= 0.6 is 11.3 Å². The van der Waals surface area contributed by atoms with E-state index in [9.17, 15) is 4.79 Å². The summed E-state index contributed by atoms with van der Waals surface area (Å²) in [5.41, 5.74) is 5.31. The second kappa shape index (κ2) is 7.19. The van der Waals surface area contributed by atoms with Crippen molar-refractivity contribution in [2.75, 3.05) is 13.1 Å². The first kappa shape index (κ1) is 17.8. The van der Waals surface area contributed by atoms with Gasteiger partial charge in [0, 0.05) is 36.6 Å². The smallest absolute Gasteiger partial charge is 0.265 e. The molecule has 7 nitrogen and oxygen atoms in total. The molecule has 1 fully saturated rings. The van der Waals surface area contributed by atoms with Gasteiger partial charge in [0.15, 0.2) is 5.82 Å². The van der Waals surface area contributed by atoms with Crippen LogP contribution in [0.1, 0.15) is 51.3 Å². The van der Waals surface area contributed by atoms with Crippen LogP contribution in [-0.2, 0) is 0 Å². The van der Waals surface area contributed by atoms with E-state index >= 15 is 0 Å². The molecular formula is C19H22N6OS. The normalized spacial score (nSPS) is 17.3. The standard InChI is InChI=1S/C19H22N6OS/c1-11-8-20-18(22-11)16-7-15(23-13(3)24-16)14-5-4-6-25(9-14)19(26)17-12(2)21-10-27-17/h7-8,10,14H,4-6,9H2,1-3H3,(H,20,22)/t14-/m1/s1. The molecule has 1 atom stereocenters. The van der Waals surface area contributed by atoms with Crippen molar-refractivity contribution in [3.8, 4) is 11.5 Å². The maximum Gasteiger partial charge on any atom is 0.265 e. The van der Waals surface area contributed by atoms with Gasteiger partial charge >= 0.3 is 0 Å². The first-order valence-electron chi connectivity index (χ1n) is 9.08. The molecule has 0 spiro atoms. The fraction of sp³-hybridized carbons (Fsp3) is 0.421. The van der Waals surface area contributed by atoms with Gasteiger partial charge in [-0.1, -0.05) is 0 Å². The molecule has 4 rings (SSSR count). The Morgan fingerprint density at radius 2 is 2.11 bits per heavy atom. The number of carbonyl (C=O) groups excluding carboxylic acids is 1. The van der Waals surface area contributed by atoms with Gasteiger partial charge < -0.3 is 9.88 Å². The Bertz CT molecular complexity index is 978. The van der Waals surface area contributed by atoms with Crippen LogP contribution in [0, 0.1) is 20.8 Å². The fourth-order valence-electron chi connectivity index (χ4n) is 3.52. The minimum Gasteiger partial charge on any atom is -0.341 e. The Morgan fingerprint density at radius 1 is 1.26 bits per heavy atom. The second-order valence-corrected chi connectivity index (χ2v) is 7.85. The zero-order chi connectivity index (χ0) is 19.0. The molecule has 0 unspecified atom stereocenters. The third-order valence-electron chi connectivity index (χ3n) is 4.87. The van der Waals surface area contributed by atoms with Crippen LogP contribution in [0.3, 0.4) is 0 Å². The number of hydrogen-bond acceptors (Lipinski definition) is 6. The molecule has 1 saturated heterocycles. The minimum atomic E-state index is 0.0763. The van der Waals surface area contributed by atoms with Gasteiger partial charge in [0.25, 0.3) is 5.91 Å². The van der Waals surface area contributed by atoms with E-state index in [1.807, 2.05) is 31.7 Å². The van der Waals surface area contributed by atoms with Crippen LogP contribution in [0.2, 0.25) is 0 Å². The highest BCUT2D eigenvalue weighted by molar-refractivity contribution is 7.11. The average molecular weight is 382 g/mol. The highest BCUT2D eigenvalue weighted by Crippen LogP contribution is 2.29. The van der Waals surface area contributed by atoms with Crippen molar-refractivity contribution in [3.05, 3.63) is 45.6 Å². The van der Waals surface area contributed by atoms with Crippen molar-refractivity contribution in [3.63, 3.8) is 0 Å². The van der Waals surface area contributed by atoms with E-state index in [1.165, 1.54) is 11.3 Å². The molecule has 8 heteroatoms. The van der Waals surface area contributed by atoms with E-state index in [1.54, 1.807) is 11.7 Å². The van der Waals surface area contributed by atoms with Gasteiger partial charge in [-0.2, -0.15) is 0 Å². The number of imidazole rings is 1. The van der Waals surface area contributed by atoms with Crippen LogP contribution in [0.15, 0.2) is 17.8 Å². The summed E-state index contributed by atoms with van der Waals surface area (Å²) >= 11 is 1.41. The molecule has 1 amide bonds. The van der Waals surface area contributed by atoms with Gasteiger partial charge in [0.05, 0.1) is 11.2 Å². The van der Waals surface area contributed by atoms with Crippen molar-refractivity contribution in [1.82, 2.24) is 29.8 Å². The number of aromatic amines is 1. The molecule has 4 heterocycles. The van der Waals surface area contributed by atoms with Gasteiger partial charge in [0.2, 0.25) is 0 Å². The maximum absolute atomic E-state index is 12.9. The topological polar surface area (TPSA) is 87.7 Å². The second-order valence-electron chi connectivity index (χ2n) is 7.00. The van der Waals surface area contributed by atoms with E-state index in [-0.39, 0.29) is 11.8 Å². The first-order chi connectivity index (χ1) is 13.0. The number of likely N-dealkylation sites (tertiary alicyclic amines) is 1. The van der Waals surface area contributed by atoms with E-state index < -0.39 is 0 Å². The number of nitrogens with one attached hydrogen (secondary N) is 1. The Morgan fingerprint density at radius 3 is 2.81 bits per heavy atom. The fourth-order valence-corrected chi connectivity index (χ4v) is 4.29. The number of piperidine rings is 1. The van der Waals surface area contributed by atoms with Gasteiger partial charge in [-0.25, -0.2) is 19.9 Å². The summed E-state index contributed by atoms with van der Waals surface area (Å²) in [6, 6.07) is 2.00. The Hall–Kier alpha value is -2.61. The number of carbonyl (C=O) groups is 1. The number of thiazole rings is 1. The number of rotatable bonds is 3. The van der Waals surface area contributed by atoms with E-state index in [4.69, 9.17) is 0 Å². The lowest BCUT2D eigenvalue weighted by Crippen LogP contribution is -2.39. The summed E-state index contributed by atoms with van der Waals surface area (Å²) < 4.78 is 0. The summed E-state index contributed by atoms with van der Waals surface area (Å²) in [6.45, 7) is 7.20. The molecule has 27 heavy (non-hydrogen) atoms. The van der Waals surface area contributed by atoms with Crippen molar-refractivity contribution >= 4 is 17.2 Å². The zero-order valence-electron chi connectivity index (χ0n) is 15.7. The lowest BCUT2D eigenvalue weighted by Gasteiger charge is -2.32. The molecular weight excluding hydrogens is 360 g/mol. The molecule has 140 valence electrons. The van der Waals surface area contributed by atoms with Crippen LogP contribution < -0.4 is 0 Å². The lowest BCUT2D eigenvalue weighted by molar-refractivity contribution is 0.0710. The Balaban J connectivity index is 1.59. The summed E-state index contributed by atoms with van der Waals surface area (Å²) in [4.78, 5) is 36.5. The van der Waals surface area contributed by atoms with E-state index in [0.29, 0.717) is 6.54 Å². The van der Waals surface area contributed by atoms with Gasteiger partial charge in [0.1, 0.15) is 16.4 Å². The van der Waals surface area contributed by atoms with Crippen LogP contribution in [0.25, 0.3) is 11.5 Å². The average Bonchev–Trinajstić information content (AvgIpc) is 3.29.